The second kappa shape index (κ2) is 7.47. The van der Waals surface area contributed by atoms with E-state index in [1.54, 1.807) is 0 Å². The van der Waals surface area contributed by atoms with Crippen molar-refractivity contribution in [1.29, 1.82) is 0 Å². The Hall–Kier alpha value is -1.06. The van der Waals surface area contributed by atoms with E-state index in [1.807, 2.05) is 0 Å². The predicted octanol–water partition coefficient (Wildman–Crippen LogP) is 3.54. The maximum atomic E-state index is 6.37. The molecule has 0 unspecified atom stereocenters. The quantitative estimate of drug-likeness (QED) is 0.894. The molecule has 2 aliphatic carbocycles. The minimum Gasteiger partial charge on any atom is -0.489 e. The minimum absolute atomic E-state index is 0.281. The van der Waals surface area contributed by atoms with Gasteiger partial charge in [0.2, 0.25) is 0 Å². The Kier molecular flexibility index (Phi) is 5.37. The molecule has 0 bridgehead atoms. The Morgan fingerprint density at radius 2 is 1.64 bits per heavy atom. The van der Waals surface area contributed by atoms with Gasteiger partial charge in [-0.2, -0.15) is 0 Å². The van der Waals surface area contributed by atoms with Gasteiger partial charge in [-0.25, -0.2) is 0 Å². The zero-order valence-electron chi connectivity index (χ0n) is 13.8. The van der Waals surface area contributed by atoms with Crippen molar-refractivity contribution in [3.63, 3.8) is 0 Å². The smallest absolute Gasteiger partial charge is 0.122 e. The summed E-state index contributed by atoms with van der Waals surface area (Å²) in [6.07, 6.45) is 10.2. The highest BCUT2D eigenvalue weighted by molar-refractivity contribution is 5.32. The molecule has 2 saturated carbocycles. The van der Waals surface area contributed by atoms with Gasteiger partial charge in [-0.05, 0) is 50.7 Å². The normalized spacial score (nSPS) is 32.6. The number of para-hydroxylation sites is 1. The molecule has 1 aromatic rings. The Balaban J connectivity index is 1.64. The molecule has 3 nitrogen and oxygen atoms in total. The molecule has 1 aromatic carbocycles. The van der Waals surface area contributed by atoms with E-state index in [0.717, 1.165) is 18.6 Å². The number of hydrogen-bond acceptors (Lipinski definition) is 3. The van der Waals surface area contributed by atoms with Crippen LogP contribution in [0.25, 0.3) is 0 Å². The summed E-state index contributed by atoms with van der Waals surface area (Å²) in [5, 5.41) is 3.85. The molecule has 2 aliphatic rings. The van der Waals surface area contributed by atoms with Crippen molar-refractivity contribution in [3.8, 4) is 5.75 Å². The largest absolute Gasteiger partial charge is 0.489 e. The maximum Gasteiger partial charge on any atom is 0.122 e. The van der Waals surface area contributed by atoms with Gasteiger partial charge in [0.15, 0.2) is 0 Å². The summed E-state index contributed by atoms with van der Waals surface area (Å²) < 4.78 is 6.37. The molecule has 0 spiro atoms. The second-order valence-corrected chi connectivity index (χ2v) is 7.03. The van der Waals surface area contributed by atoms with Gasteiger partial charge in [-0.3, -0.25) is 0 Å². The van der Waals surface area contributed by atoms with E-state index < -0.39 is 0 Å². The first-order valence-corrected chi connectivity index (χ1v) is 8.98. The van der Waals surface area contributed by atoms with Gasteiger partial charge in [0, 0.05) is 18.1 Å². The number of aryl methyl sites for hydroxylation is 1. The summed E-state index contributed by atoms with van der Waals surface area (Å²) in [6.45, 7) is 2.12. The van der Waals surface area contributed by atoms with Crippen molar-refractivity contribution >= 4 is 0 Å². The fraction of sp³-hybridized carbons (Fsp3) is 0.684. The van der Waals surface area contributed by atoms with Crippen molar-refractivity contribution in [2.45, 2.75) is 82.5 Å². The summed E-state index contributed by atoms with van der Waals surface area (Å²) in [5.41, 5.74) is 7.54. The number of ether oxygens (including phenoxy) is 1. The highest BCUT2D eigenvalue weighted by Crippen LogP contribution is 2.27. The second-order valence-electron chi connectivity index (χ2n) is 7.03. The molecule has 0 aliphatic heterocycles. The molecular weight excluding hydrogens is 272 g/mol. The van der Waals surface area contributed by atoms with E-state index in [-0.39, 0.29) is 6.10 Å². The lowest BCUT2D eigenvalue weighted by Crippen LogP contribution is -2.55. The van der Waals surface area contributed by atoms with E-state index in [1.165, 1.54) is 44.1 Å². The third-order valence-electron chi connectivity index (χ3n) is 5.32. The van der Waals surface area contributed by atoms with Crippen LogP contribution in [0.3, 0.4) is 0 Å². The average Bonchev–Trinajstić information content (AvgIpc) is 2.53. The summed E-state index contributed by atoms with van der Waals surface area (Å²) in [6, 6.07) is 9.58. The molecule has 0 heterocycles. The van der Waals surface area contributed by atoms with E-state index in [4.69, 9.17) is 10.5 Å². The maximum absolute atomic E-state index is 6.37. The summed E-state index contributed by atoms with van der Waals surface area (Å²) in [5.74, 6) is 1.04. The molecule has 2 fully saturated rings. The third kappa shape index (κ3) is 3.82. The number of rotatable bonds is 4. The number of hydrogen-bond donors (Lipinski definition) is 2. The minimum atomic E-state index is 0.281. The van der Waals surface area contributed by atoms with Crippen LogP contribution in [0.4, 0.5) is 0 Å². The highest BCUT2D eigenvalue weighted by atomic mass is 16.5. The van der Waals surface area contributed by atoms with Gasteiger partial charge in [0.05, 0.1) is 0 Å². The van der Waals surface area contributed by atoms with Crippen LogP contribution >= 0.6 is 0 Å². The molecule has 3 N–H and O–H groups in total. The molecule has 3 heteroatoms. The lowest BCUT2D eigenvalue weighted by molar-refractivity contribution is 0.0995. The Labute approximate surface area is 134 Å². The van der Waals surface area contributed by atoms with Crippen molar-refractivity contribution in [2.24, 2.45) is 5.73 Å². The molecule has 122 valence electrons. The first-order chi connectivity index (χ1) is 10.7. The fourth-order valence-electron chi connectivity index (χ4n) is 3.92. The van der Waals surface area contributed by atoms with Gasteiger partial charge in [-0.15, -0.1) is 0 Å². The van der Waals surface area contributed by atoms with Crippen LogP contribution in [-0.4, -0.2) is 24.2 Å². The van der Waals surface area contributed by atoms with Crippen LogP contribution < -0.4 is 15.8 Å². The van der Waals surface area contributed by atoms with Gasteiger partial charge < -0.3 is 15.8 Å². The van der Waals surface area contributed by atoms with Gasteiger partial charge in [0.1, 0.15) is 11.9 Å². The van der Waals surface area contributed by atoms with Gasteiger partial charge in [0.25, 0.3) is 0 Å². The predicted molar refractivity (Wildman–Crippen MR) is 91.2 cm³/mol. The Morgan fingerprint density at radius 1 is 0.955 bits per heavy atom. The van der Waals surface area contributed by atoms with E-state index in [2.05, 4.69) is 36.5 Å². The zero-order valence-corrected chi connectivity index (χ0v) is 13.8. The number of benzene rings is 1. The SMILES string of the molecule is Cc1ccccc1O[C@H]1CCCC[C@@H]1N[C@@H]1CCCC[C@@H]1N. The zero-order chi connectivity index (χ0) is 15.4. The number of nitrogens with one attached hydrogen (secondary N) is 1. The highest BCUT2D eigenvalue weighted by Gasteiger charge is 2.31. The summed E-state index contributed by atoms with van der Waals surface area (Å²) in [4.78, 5) is 0. The first kappa shape index (κ1) is 15.8. The Morgan fingerprint density at radius 3 is 2.41 bits per heavy atom. The Bertz CT molecular complexity index is 476. The monoisotopic (exact) mass is 302 g/mol. The standard InChI is InChI=1S/C19H30N2O/c1-14-8-2-6-12-18(14)22-19-13-7-5-11-17(19)21-16-10-4-3-9-15(16)20/h2,6,8,12,15-17,19,21H,3-5,7,9-11,13,20H2,1H3/t15-,16+,17-,19-/m0/s1. The molecule has 0 radical (unpaired) electrons. The van der Waals surface area contributed by atoms with Crippen molar-refractivity contribution < 1.29 is 4.74 Å². The molecule has 0 amide bonds. The van der Waals surface area contributed by atoms with Crippen molar-refractivity contribution in [3.05, 3.63) is 29.8 Å². The van der Waals surface area contributed by atoms with Gasteiger partial charge in [-0.1, -0.05) is 37.5 Å². The molecule has 0 saturated heterocycles. The van der Waals surface area contributed by atoms with Crippen LogP contribution in [-0.2, 0) is 0 Å². The van der Waals surface area contributed by atoms with Crippen LogP contribution in [0.2, 0.25) is 0 Å². The molecule has 3 rings (SSSR count). The molecule has 22 heavy (non-hydrogen) atoms. The van der Waals surface area contributed by atoms with Crippen molar-refractivity contribution in [2.75, 3.05) is 0 Å². The average molecular weight is 302 g/mol. The van der Waals surface area contributed by atoms with Crippen LogP contribution in [0.15, 0.2) is 24.3 Å². The van der Waals surface area contributed by atoms with Crippen LogP contribution in [0.1, 0.15) is 56.9 Å². The topological polar surface area (TPSA) is 47.3 Å². The van der Waals surface area contributed by atoms with Crippen LogP contribution in [0, 0.1) is 6.92 Å². The lowest BCUT2D eigenvalue weighted by atomic mass is 9.87. The lowest BCUT2D eigenvalue weighted by Gasteiger charge is -2.38. The third-order valence-corrected chi connectivity index (χ3v) is 5.32. The van der Waals surface area contributed by atoms with E-state index in [9.17, 15) is 0 Å². The van der Waals surface area contributed by atoms with E-state index in [0.29, 0.717) is 18.1 Å². The van der Waals surface area contributed by atoms with Crippen molar-refractivity contribution in [1.82, 2.24) is 5.32 Å². The summed E-state index contributed by atoms with van der Waals surface area (Å²) >= 11 is 0. The number of nitrogens with two attached hydrogens (primary N) is 1. The molecule has 0 aromatic heterocycles. The van der Waals surface area contributed by atoms with Gasteiger partial charge >= 0.3 is 0 Å². The molecule has 4 atom stereocenters. The molecular formula is C19H30N2O. The summed E-state index contributed by atoms with van der Waals surface area (Å²) in [7, 11) is 0. The first-order valence-electron chi connectivity index (χ1n) is 8.98. The van der Waals surface area contributed by atoms with E-state index >= 15 is 0 Å². The van der Waals surface area contributed by atoms with Crippen LogP contribution in [0.5, 0.6) is 5.75 Å². The fourth-order valence-corrected chi connectivity index (χ4v) is 3.92.